The van der Waals surface area contributed by atoms with Crippen molar-refractivity contribution in [1.29, 1.82) is 0 Å². The topological polar surface area (TPSA) is 27.6 Å². The third-order valence-electron chi connectivity index (χ3n) is 1.44. The maximum Gasteiger partial charge on any atom is 0.132 e. The first kappa shape index (κ1) is 7.22. The van der Waals surface area contributed by atoms with Gasteiger partial charge in [0.05, 0.1) is 0 Å². The van der Waals surface area contributed by atoms with Crippen LogP contribution in [0.25, 0.3) is 0 Å². The van der Waals surface area contributed by atoms with Crippen LogP contribution in [0.15, 0.2) is 24.3 Å². The number of halogens is 1. The van der Waals surface area contributed by atoms with E-state index in [4.69, 9.17) is 0 Å². The predicted octanol–water partition coefficient (Wildman–Crippen LogP) is 1.13. The average Bonchev–Trinajstić information content (AvgIpc) is 1.88. The van der Waals surface area contributed by atoms with E-state index in [1.54, 1.807) is 12.1 Å². The van der Waals surface area contributed by atoms with Gasteiger partial charge >= 0.3 is 0 Å². The second-order valence-electron chi connectivity index (χ2n) is 2.42. The molecule has 0 radical (unpaired) electrons. The second kappa shape index (κ2) is 2.80. The van der Waals surface area contributed by atoms with Crippen molar-refractivity contribution in [3.63, 3.8) is 0 Å². The van der Waals surface area contributed by atoms with Crippen molar-refractivity contribution in [3.05, 3.63) is 35.6 Å². The smallest absolute Gasteiger partial charge is 0.132 e. The van der Waals surface area contributed by atoms with E-state index in [1.165, 1.54) is 6.07 Å². The fourth-order valence-electron chi connectivity index (χ4n) is 0.875. The Bertz CT molecular complexity index is 220. The van der Waals surface area contributed by atoms with Crippen LogP contribution in [0.3, 0.4) is 0 Å². The maximum atomic E-state index is 12.8. The van der Waals surface area contributed by atoms with Crippen molar-refractivity contribution in [1.82, 2.24) is 0 Å². The van der Waals surface area contributed by atoms with Gasteiger partial charge in [0, 0.05) is 5.56 Å². The molecule has 1 rings (SSSR count). The normalized spacial score (nSPS) is 13.1. The molecule has 3 N–H and O–H groups in total. The number of quaternary nitrogens is 1. The summed E-state index contributed by atoms with van der Waals surface area (Å²) in [5.41, 5.74) is 4.41. The second-order valence-corrected chi connectivity index (χ2v) is 2.42. The molecule has 2 heteroatoms. The van der Waals surface area contributed by atoms with E-state index >= 15 is 0 Å². The average molecular weight is 140 g/mol. The lowest BCUT2D eigenvalue weighted by Crippen LogP contribution is -2.52. The van der Waals surface area contributed by atoms with E-state index in [9.17, 15) is 4.39 Å². The Labute approximate surface area is 59.7 Å². The van der Waals surface area contributed by atoms with E-state index in [2.05, 4.69) is 5.73 Å². The summed E-state index contributed by atoms with van der Waals surface area (Å²) in [6.45, 7) is 1.87. The first-order valence-electron chi connectivity index (χ1n) is 3.29. The molecular formula is C8H11FN+. The molecule has 0 aliphatic rings. The van der Waals surface area contributed by atoms with Crippen LogP contribution >= 0.6 is 0 Å². The highest BCUT2D eigenvalue weighted by atomic mass is 19.1. The van der Waals surface area contributed by atoms with Gasteiger partial charge in [-0.15, -0.1) is 0 Å². The van der Waals surface area contributed by atoms with E-state index in [1.807, 2.05) is 13.0 Å². The van der Waals surface area contributed by atoms with E-state index in [0.717, 1.165) is 0 Å². The van der Waals surface area contributed by atoms with Crippen LogP contribution in [-0.4, -0.2) is 0 Å². The van der Waals surface area contributed by atoms with E-state index in [0.29, 0.717) is 5.56 Å². The summed E-state index contributed by atoms with van der Waals surface area (Å²) in [6.07, 6.45) is 0. The fraction of sp³-hybridized carbons (Fsp3) is 0.250. The summed E-state index contributed by atoms with van der Waals surface area (Å²) < 4.78 is 12.8. The Balaban J connectivity index is 3.03. The minimum absolute atomic E-state index is 0.0289. The molecule has 1 atom stereocenters. The zero-order chi connectivity index (χ0) is 7.56. The fourth-order valence-corrected chi connectivity index (χ4v) is 0.875. The molecule has 1 nitrogen and oxygen atoms in total. The molecule has 0 amide bonds. The molecule has 0 bridgehead atoms. The Hall–Kier alpha value is -0.890. The van der Waals surface area contributed by atoms with Crippen LogP contribution in [0.2, 0.25) is 0 Å². The number of hydrogen-bond donors (Lipinski definition) is 1. The molecule has 0 fully saturated rings. The summed E-state index contributed by atoms with van der Waals surface area (Å²) in [4.78, 5) is 0. The van der Waals surface area contributed by atoms with Crippen LogP contribution in [0.5, 0.6) is 0 Å². The van der Waals surface area contributed by atoms with Gasteiger partial charge in [0.1, 0.15) is 11.9 Å². The molecule has 0 heterocycles. The lowest BCUT2D eigenvalue weighted by molar-refractivity contribution is -0.420. The van der Waals surface area contributed by atoms with Gasteiger partial charge in [0.15, 0.2) is 0 Å². The third-order valence-corrected chi connectivity index (χ3v) is 1.44. The van der Waals surface area contributed by atoms with Gasteiger partial charge in [0.2, 0.25) is 0 Å². The number of rotatable bonds is 1. The minimum atomic E-state index is -0.162. The Morgan fingerprint density at radius 1 is 1.40 bits per heavy atom. The SMILES string of the molecule is C[C@H]([NH3+])c1ccccc1F. The highest BCUT2D eigenvalue weighted by Crippen LogP contribution is 2.11. The quantitative estimate of drug-likeness (QED) is 0.605. The van der Waals surface area contributed by atoms with Gasteiger partial charge in [-0.25, -0.2) is 4.39 Å². The third kappa shape index (κ3) is 1.33. The summed E-state index contributed by atoms with van der Waals surface area (Å²) >= 11 is 0. The van der Waals surface area contributed by atoms with Crippen LogP contribution in [0, 0.1) is 5.82 Å². The van der Waals surface area contributed by atoms with Gasteiger partial charge < -0.3 is 5.73 Å². The van der Waals surface area contributed by atoms with Crippen molar-refractivity contribution >= 4 is 0 Å². The summed E-state index contributed by atoms with van der Waals surface area (Å²) in [5, 5.41) is 0. The molecule has 1 aromatic carbocycles. The van der Waals surface area contributed by atoms with E-state index < -0.39 is 0 Å². The number of benzene rings is 1. The van der Waals surface area contributed by atoms with E-state index in [-0.39, 0.29) is 11.9 Å². The first-order chi connectivity index (χ1) is 4.72. The molecule has 0 aliphatic carbocycles. The van der Waals surface area contributed by atoms with Crippen molar-refractivity contribution in [2.45, 2.75) is 13.0 Å². The molecule has 1 aromatic rings. The summed E-state index contributed by atoms with van der Waals surface area (Å²) in [7, 11) is 0. The number of hydrogen-bond acceptors (Lipinski definition) is 0. The van der Waals surface area contributed by atoms with Gasteiger partial charge in [-0.3, -0.25) is 0 Å². The van der Waals surface area contributed by atoms with Crippen LogP contribution in [0.4, 0.5) is 4.39 Å². The van der Waals surface area contributed by atoms with Crippen molar-refractivity contribution < 1.29 is 10.1 Å². The molecule has 10 heavy (non-hydrogen) atoms. The zero-order valence-electron chi connectivity index (χ0n) is 5.97. The standard InChI is InChI=1S/C8H10FN/c1-6(10)7-4-2-3-5-8(7)9/h2-6H,10H2,1H3/p+1/t6-/m0/s1. The predicted molar refractivity (Wildman–Crippen MR) is 37.7 cm³/mol. The summed E-state index contributed by atoms with van der Waals surface area (Å²) in [6, 6.07) is 6.74. The molecule has 0 aliphatic heterocycles. The molecule has 0 spiro atoms. The van der Waals surface area contributed by atoms with Crippen LogP contribution in [0.1, 0.15) is 18.5 Å². The van der Waals surface area contributed by atoms with Crippen LogP contribution in [-0.2, 0) is 0 Å². The molecule has 0 saturated heterocycles. The van der Waals surface area contributed by atoms with Gasteiger partial charge in [-0.2, -0.15) is 0 Å². The summed E-state index contributed by atoms with van der Waals surface area (Å²) in [5.74, 6) is -0.162. The molecule has 0 aromatic heterocycles. The highest BCUT2D eigenvalue weighted by molar-refractivity contribution is 5.18. The Kier molecular flexibility index (Phi) is 2.02. The van der Waals surface area contributed by atoms with Gasteiger partial charge in [-0.05, 0) is 13.0 Å². The zero-order valence-corrected chi connectivity index (χ0v) is 5.97. The molecule has 54 valence electrons. The Morgan fingerprint density at radius 3 is 2.40 bits per heavy atom. The van der Waals surface area contributed by atoms with Crippen molar-refractivity contribution in [2.24, 2.45) is 0 Å². The Morgan fingerprint density at radius 2 is 2.00 bits per heavy atom. The minimum Gasteiger partial charge on any atom is -0.352 e. The lowest BCUT2D eigenvalue weighted by atomic mass is 10.1. The maximum absolute atomic E-state index is 12.8. The van der Waals surface area contributed by atoms with Crippen molar-refractivity contribution in [2.75, 3.05) is 0 Å². The van der Waals surface area contributed by atoms with Gasteiger partial charge in [0.25, 0.3) is 0 Å². The van der Waals surface area contributed by atoms with Crippen molar-refractivity contribution in [3.8, 4) is 0 Å². The molecule has 0 unspecified atom stereocenters. The largest absolute Gasteiger partial charge is 0.352 e. The monoisotopic (exact) mass is 140 g/mol. The molecular weight excluding hydrogens is 129 g/mol. The van der Waals surface area contributed by atoms with Gasteiger partial charge in [-0.1, -0.05) is 18.2 Å². The first-order valence-corrected chi connectivity index (χ1v) is 3.29. The van der Waals surface area contributed by atoms with Crippen LogP contribution < -0.4 is 5.73 Å². The lowest BCUT2D eigenvalue weighted by Gasteiger charge is -2.01. The highest BCUT2D eigenvalue weighted by Gasteiger charge is 2.06. The molecule has 0 saturated carbocycles.